The Bertz CT molecular complexity index is 825. The van der Waals surface area contributed by atoms with E-state index in [1.807, 2.05) is 0 Å². The van der Waals surface area contributed by atoms with Gasteiger partial charge in [0.2, 0.25) is 0 Å². The summed E-state index contributed by atoms with van der Waals surface area (Å²) < 4.78 is 29.7. The Hall–Kier alpha value is -1.17. The molecule has 3 aromatic rings. The van der Waals surface area contributed by atoms with Gasteiger partial charge >= 0.3 is 0 Å². The molecule has 0 aliphatic rings. The van der Waals surface area contributed by atoms with Gasteiger partial charge in [0.15, 0.2) is 5.82 Å². The largest absolute Gasteiger partial charge is 0.291 e. The highest BCUT2D eigenvalue weighted by Crippen LogP contribution is 2.31. The molecule has 0 aliphatic carbocycles. The van der Waals surface area contributed by atoms with Gasteiger partial charge in [-0.15, -0.1) is 11.6 Å². The number of imidazole rings is 1. The fraction of sp³-hybridized carbons (Fsp3) is 0.0714. The van der Waals surface area contributed by atoms with E-state index in [2.05, 4.69) is 20.9 Å². The number of nitrogens with zero attached hydrogens (tertiary/aromatic N) is 2. The lowest BCUT2D eigenvalue weighted by Gasteiger charge is -2.11. The minimum absolute atomic E-state index is 0.0403. The molecule has 0 spiro atoms. The number of benzene rings is 2. The van der Waals surface area contributed by atoms with Crippen LogP contribution in [0.5, 0.6) is 0 Å². The predicted molar refractivity (Wildman–Crippen MR) is 83.3 cm³/mol. The normalized spacial score (nSPS) is 11.3. The van der Waals surface area contributed by atoms with Crippen molar-refractivity contribution in [1.29, 1.82) is 0 Å². The van der Waals surface area contributed by atoms with E-state index in [1.54, 1.807) is 18.2 Å². The molecule has 0 aliphatic heterocycles. The Morgan fingerprint density at radius 1 is 1.19 bits per heavy atom. The number of alkyl halides is 1. The van der Waals surface area contributed by atoms with Gasteiger partial charge < -0.3 is 0 Å². The number of hydrogen-bond acceptors (Lipinski definition) is 1. The summed E-state index contributed by atoms with van der Waals surface area (Å²) in [6.45, 7) is 0. The maximum atomic E-state index is 14.2. The van der Waals surface area contributed by atoms with E-state index in [9.17, 15) is 8.78 Å². The molecule has 0 atom stereocenters. The first-order valence-electron chi connectivity index (χ1n) is 5.89. The van der Waals surface area contributed by atoms with E-state index in [4.69, 9.17) is 23.2 Å². The van der Waals surface area contributed by atoms with Crippen molar-refractivity contribution in [1.82, 2.24) is 9.55 Å². The molecule has 0 fully saturated rings. The highest BCUT2D eigenvalue weighted by atomic mass is 79.9. The molecule has 3 rings (SSSR count). The van der Waals surface area contributed by atoms with Crippen LogP contribution in [0.2, 0.25) is 5.02 Å². The molecule has 0 amide bonds. The van der Waals surface area contributed by atoms with Crippen LogP contribution in [0.15, 0.2) is 34.8 Å². The third-order valence-corrected chi connectivity index (χ3v) is 4.03. The molecular weight excluding hydrogens is 385 g/mol. The van der Waals surface area contributed by atoms with Crippen molar-refractivity contribution < 1.29 is 8.78 Å². The summed E-state index contributed by atoms with van der Waals surface area (Å²) >= 11 is 15.3. The number of hydrogen-bond donors (Lipinski definition) is 0. The number of halogens is 5. The second kappa shape index (κ2) is 5.55. The number of aromatic nitrogens is 2. The van der Waals surface area contributed by atoms with Crippen LogP contribution in [0.4, 0.5) is 8.78 Å². The molecule has 21 heavy (non-hydrogen) atoms. The van der Waals surface area contributed by atoms with Crippen LogP contribution in [0.1, 0.15) is 5.82 Å². The quantitative estimate of drug-likeness (QED) is 0.530. The molecule has 0 bridgehead atoms. The zero-order valence-corrected chi connectivity index (χ0v) is 13.5. The number of fused-ring (bicyclic) bond motifs is 1. The lowest BCUT2D eigenvalue weighted by atomic mass is 10.2. The van der Waals surface area contributed by atoms with Gasteiger partial charge in [-0.25, -0.2) is 13.8 Å². The fourth-order valence-corrected chi connectivity index (χ4v) is 3.00. The molecule has 0 radical (unpaired) electrons. The van der Waals surface area contributed by atoms with E-state index in [0.717, 1.165) is 16.6 Å². The fourth-order valence-electron chi connectivity index (χ4n) is 2.19. The first kappa shape index (κ1) is 14.8. The predicted octanol–water partition coefficient (Wildman–Crippen LogP) is 5.46. The topological polar surface area (TPSA) is 17.8 Å². The van der Waals surface area contributed by atoms with E-state index < -0.39 is 11.6 Å². The van der Waals surface area contributed by atoms with Crippen molar-refractivity contribution in [2.75, 3.05) is 0 Å². The summed E-state index contributed by atoms with van der Waals surface area (Å²) in [5, 5.41) is -0.0407. The Kier molecular flexibility index (Phi) is 3.90. The summed E-state index contributed by atoms with van der Waals surface area (Å²) in [6, 6.07) is 7.19. The first-order valence-corrected chi connectivity index (χ1v) is 7.59. The van der Waals surface area contributed by atoms with Gasteiger partial charge in [0, 0.05) is 10.5 Å². The second-order valence-electron chi connectivity index (χ2n) is 4.35. The molecule has 2 nitrogen and oxygen atoms in total. The van der Waals surface area contributed by atoms with Gasteiger partial charge in [-0.3, -0.25) is 4.57 Å². The molecule has 0 saturated heterocycles. The maximum Gasteiger partial charge on any atom is 0.151 e. The highest BCUT2D eigenvalue weighted by Gasteiger charge is 2.19. The highest BCUT2D eigenvalue weighted by molar-refractivity contribution is 9.10. The van der Waals surface area contributed by atoms with Crippen LogP contribution in [0.3, 0.4) is 0 Å². The van der Waals surface area contributed by atoms with Crippen LogP contribution in [0.25, 0.3) is 16.7 Å². The van der Waals surface area contributed by atoms with Crippen molar-refractivity contribution in [3.05, 3.63) is 57.3 Å². The van der Waals surface area contributed by atoms with Gasteiger partial charge in [0.1, 0.15) is 17.3 Å². The van der Waals surface area contributed by atoms with Crippen molar-refractivity contribution in [2.45, 2.75) is 5.88 Å². The molecule has 0 unspecified atom stereocenters. The SMILES string of the molecule is Fc1cc(F)c(-n2c(CCl)nc3cc(Br)ccc32)c(Cl)c1. The van der Waals surface area contributed by atoms with Gasteiger partial charge in [-0.05, 0) is 24.3 Å². The number of rotatable bonds is 2. The molecule has 0 N–H and O–H groups in total. The molecule has 1 heterocycles. The van der Waals surface area contributed by atoms with Gasteiger partial charge in [0.25, 0.3) is 0 Å². The molecule has 0 saturated carbocycles. The van der Waals surface area contributed by atoms with Crippen LogP contribution in [-0.4, -0.2) is 9.55 Å². The minimum Gasteiger partial charge on any atom is -0.291 e. The Morgan fingerprint density at radius 2 is 1.95 bits per heavy atom. The van der Waals surface area contributed by atoms with Gasteiger partial charge in [-0.2, -0.15) is 0 Å². The Balaban J connectivity index is 2.39. The third kappa shape index (κ3) is 2.54. The van der Waals surface area contributed by atoms with E-state index >= 15 is 0 Å². The maximum absolute atomic E-state index is 14.2. The monoisotopic (exact) mass is 390 g/mol. The average molecular weight is 392 g/mol. The molecule has 1 aromatic heterocycles. The van der Waals surface area contributed by atoms with Gasteiger partial charge in [0.05, 0.1) is 21.9 Å². The summed E-state index contributed by atoms with van der Waals surface area (Å²) in [5.41, 5.74) is 1.32. The first-order chi connectivity index (χ1) is 10.0. The lowest BCUT2D eigenvalue weighted by molar-refractivity contribution is 0.578. The zero-order valence-electron chi connectivity index (χ0n) is 10.4. The van der Waals surface area contributed by atoms with E-state index in [-0.39, 0.29) is 16.6 Å². The molecule has 2 aromatic carbocycles. The summed E-state index contributed by atoms with van der Waals surface area (Å²) in [4.78, 5) is 4.35. The lowest BCUT2D eigenvalue weighted by Crippen LogP contribution is -2.03. The van der Waals surface area contributed by atoms with Crippen molar-refractivity contribution in [3.63, 3.8) is 0 Å². The second-order valence-corrected chi connectivity index (χ2v) is 5.94. The van der Waals surface area contributed by atoms with Crippen molar-refractivity contribution in [3.8, 4) is 5.69 Å². The Labute approximate surface area is 137 Å². The summed E-state index contributed by atoms with van der Waals surface area (Å²) in [5.74, 6) is -1.01. The van der Waals surface area contributed by atoms with E-state index in [1.165, 1.54) is 4.57 Å². The molecular formula is C14H7BrCl2F2N2. The average Bonchev–Trinajstić information content (AvgIpc) is 2.75. The van der Waals surface area contributed by atoms with Crippen molar-refractivity contribution in [2.24, 2.45) is 0 Å². The summed E-state index contributed by atoms with van der Waals surface area (Å²) in [6.07, 6.45) is 0. The Morgan fingerprint density at radius 3 is 2.62 bits per heavy atom. The zero-order chi connectivity index (χ0) is 15.1. The minimum atomic E-state index is -0.770. The standard InChI is InChI=1S/C14H7BrCl2F2N2/c15-7-1-2-12-11(3-7)20-13(6-16)21(12)14-9(17)4-8(18)5-10(14)19/h1-5H,6H2. The smallest absolute Gasteiger partial charge is 0.151 e. The molecule has 108 valence electrons. The van der Waals surface area contributed by atoms with Crippen LogP contribution in [-0.2, 0) is 5.88 Å². The van der Waals surface area contributed by atoms with Crippen LogP contribution >= 0.6 is 39.1 Å². The molecule has 7 heteroatoms. The van der Waals surface area contributed by atoms with Crippen molar-refractivity contribution >= 4 is 50.2 Å². The summed E-state index contributed by atoms with van der Waals surface area (Å²) in [7, 11) is 0. The van der Waals surface area contributed by atoms with Crippen LogP contribution in [0, 0.1) is 11.6 Å². The van der Waals surface area contributed by atoms with Gasteiger partial charge in [-0.1, -0.05) is 27.5 Å². The van der Waals surface area contributed by atoms with Crippen LogP contribution < -0.4 is 0 Å². The third-order valence-electron chi connectivity index (χ3n) is 3.01. The van der Waals surface area contributed by atoms with E-state index in [0.29, 0.717) is 16.9 Å².